The SMILES string of the molecule is FC(F)C1C2CCc3ccccc3C21. The molecule has 1 aromatic rings. The minimum absolute atomic E-state index is 0.167. The molecular formula is C12H12F2. The van der Waals surface area contributed by atoms with Crippen LogP contribution in [0.3, 0.4) is 0 Å². The van der Waals surface area contributed by atoms with Crippen LogP contribution in [0.25, 0.3) is 0 Å². The Hall–Kier alpha value is -0.920. The van der Waals surface area contributed by atoms with Crippen molar-refractivity contribution in [3.05, 3.63) is 35.4 Å². The average Bonchev–Trinajstić information content (AvgIpc) is 2.92. The second kappa shape index (κ2) is 2.78. The Labute approximate surface area is 81.9 Å². The van der Waals surface area contributed by atoms with Gasteiger partial charge in [0, 0.05) is 5.92 Å². The summed E-state index contributed by atoms with van der Waals surface area (Å²) in [5.41, 5.74) is 2.48. The van der Waals surface area contributed by atoms with Crippen LogP contribution in [0.1, 0.15) is 23.5 Å². The van der Waals surface area contributed by atoms with Crippen molar-refractivity contribution in [3.63, 3.8) is 0 Å². The Morgan fingerprint density at radius 3 is 2.79 bits per heavy atom. The Bertz CT molecular complexity index is 359. The Morgan fingerprint density at radius 2 is 2.00 bits per heavy atom. The van der Waals surface area contributed by atoms with Gasteiger partial charge in [-0.1, -0.05) is 24.3 Å². The largest absolute Gasteiger partial charge is 0.242 e. The summed E-state index contributed by atoms with van der Waals surface area (Å²) in [5.74, 6) is 0.0866. The number of halogens is 2. The van der Waals surface area contributed by atoms with Crippen LogP contribution in [0.15, 0.2) is 24.3 Å². The van der Waals surface area contributed by atoms with Gasteiger partial charge in [-0.15, -0.1) is 0 Å². The monoisotopic (exact) mass is 194 g/mol. The van der Waals surface area contributed by atoms with Crippen molar-refractivity contribution in [1.82, 2.24) is 0 Å². The molecule has 1 aromatic carbocycles. The highest BCUT2D eigenvalue weighted by Crippen LogP contribution is 2.61. The fourth-order valence-electron chi connectivity index (χ4n) is 2.96. The van der Waals surface area contributed by atoms with Gasteiger partial charge in [-0.3, -0.25) is 0 Å². The van der Waals surface area contributed by atoms with Crippen LogP contribution in [0.4, 0.5) is 8.78 Å². The molecule has 14 heavy (non-hydrogen) atoms. The van der Waals surface area contributed by atoms with Gasteiger partial charge in [0.25, 0.3) is 0 Å². The molecule has 0 nitrogen and oxygen atoms in total. The smallest absolute Gasteiger partial charge is 0.210 e. The van der Waals surface area contributed by atoms with Crippen LogP contribution in [-0.2, 0) is 6.42 Å². The maximum absolute atomic E-state index is 12.6. The molecule has 2 aliphatic carbocycles. The van der Waals surface area contributed by atoms with Gasteiger partial charge in [-0.05, 0) is 35.8 Å². The minimum atomic E-state index is -2.13. The van der Waals surface area contributed by atoms with Crippen molar-refractivity contribution >= 4 is 0 Å². The molecule has 0 aromatic heterocycles. The molecule has 1 saturated carbocycles. The summed E-state index contributed by atoms with van der Waals surface area (Å²) in [5, 5.41) is 0. The lowest BCUT2D eigenvalue weighted by Gasteiger charge is -2.13. The molecule has 0 heterocycles. The van der Waals surface area contributed by atoms with E-state index >= 15 is 0 Å². The van der Waals surface area contributed by atoms with Gasteiger partial charge in [0.1, 0.15) is 0 Å². The zero-order valence-corrected chi connectivity index (χ0v) is 7.79. The molecule has 0 spiro atoms. The van der Waals surface area contributed by atoms with Gasteiger partial charge < -0.3 is 0 Å². The maximum atomic E-state index is 12.6. The van der Waals surface area contributed by atoms with E-state index in [0.717, 1.165) is 12.8 Å². The van der Waals surface area contributed by atoms with Crippen LogP contribution in [-0.4, -0.2) is 6.43 Å². The summed E-state index contributed by atoms with van der Waals surface area (Å²) < 4.78 is 25.2. The van der Waals surface area contributed by atoms with E-state index in [4.69, 9.17) is 0 Å². The van der Waals surface area contributed by atoms with Crippen LogP contribution in [0.5, 0.6) is 0 Å². The van der Waals surface area contributed by atoms with E-state index in [0.29, 0.717) is 0 Å². The first-order chi connectivity index (χ1) is 6.79. The van der Waals surface area contributed by atoms with Gasteiger partial charge in [0.2, 0.25) is 6.43 Å². The van der Waals surface area contributed by atoms with Crippen molar-refractivity contribution in [2.24, 2.45) is 11.8 Å². The third-order valence-electron chi connectivity index (χ3n) is 3.68. The molecule has 3 rings (SSSR count). The number of alkyl halides is 2. The van der Waals surface area contributed by atoms with Gasteiger partial charge in [-0.2, -0.15) is 0 Å². The normalized spacial score (nSPS) is 33.8. The van der Waals surface area contributed by atoms with Crippen molar-refractivity contribution in [2.45, 2.75) is 25.2 Å². The number of fused-ring (bicyclic) bond motifs is 3. The lowest BCUT2D eigenvalue weighted by molar-refractivity contribution is 0.114. The fourth-order valence-corrected chi connectivity index (χ4v) is 2.96. The Morgan fingerprint density at radius 1 is 1.21 bits per heavy atom. The average molecular weight is 194 g/mol. The van der Waals surface area contributed by atoms with Crippen LogP contribution in [0, 0.1) is 11.8 Å². The third kappa shape index (κ3) is 1.03. The first kappa shape index (κ1) is 8.39. The first-order valence-electron chi connectivity index (χ1n) is 5.15. The number of benzene rings is 1. The van der Waals surface area contributed by atoms with Gasteiger partial charge >= 0.3 is 0 Å². The summed E-state index contributed by atoms with van der Waals surface area (Å²) >= 11 is 0. The van der Waals surface area contributed by atoms with Gasteiger partial charge in [0.05, 0.1) is 0 Å². The zero-order valence-electron chi connectivity index (χ0n) is 7.79. The minimum Gasteiger partial charge on any atom is -0.210 e. The van der Waals surface area contributed by atoms with Crippen LogP contribution < -0.4 is 0 Å². The summed E-state index contributed by atoms with van der Waals surface area (Å²) in [6.07, 6.45) is -0.187. The van der Waals surface area contributed by atoms with Crippen LogP contribution >= 0.6 is 0 Å². The molecule has 2 heteroatoms. The van der Waals surface area contributed by atoms with E-state index in [-0.39, 0.29) is 17.8 Å². The Balaban J connectivity index is 1.97. The highest BCUT2D eigenvalue weighted by atomic mass is 19.3. The molecule has 0 bridgehead atoms. The predicted octanol–water partition coefficient (Wildman–Crippen LogP) is 3.23. The Kier molecular flexibility index (Phi) is 1.67. The second-order valence-corrected chi connectivity index (χ2v) is 4.34. The van der Waals surface area contributed by atoms with E-state index in [2.05, 4.69) is 6.07 Å². The summed E-state index contributed by atoms with van der Waals surface area (Å²) in [7, 11) is 0. The van der Waals surface area contributed by atoms with E-state index in [1.807, 2.05) is 18.2 Å². The number of hydrogen-bond acceptors (Lipinski definition) is 0. The standard InChI is InChI=1S/C12H12F2/c13-12(14)11-9-6-5-7-3-1-2-4-8(7)10(9)11/h1-4,9-12H,5-6H2. The van der Waals surface area contributed by atoms with Gasteiger partial charge in [-0.25, -0.2) is 8.78 Å². The van der Waals surface area contributed by atoms with E-state index in [1.54, 1.807) is 0 Å². The molecule has 3 unspecified atom stereocenters. The van der Waals surface area contributed by atoms with Crippen LogP contribution in [0.2, 0.25) is 0 Å². The molecule has 0 N–H and O–H groups in total. The summed E-state index contributed by atoms with van der Waals surface area (Å²) in [4.78, 5) is 0. The molecule has 0 radical (unpaired) electrons. The topological polar surface area (TPSA) is 0 Å². The first-order valence-corrected chi connectivity index (χ1v) is 5.15. The highest BCUT2D eigenvalue weighted by molar-refractivity contribution is 5.39. The van der Waals surface area contributed by atoms with Crippen molar-refractivity contribution < 1.29 is 8.78 Å². The van der Waals surface area contributed by atoms with Gasteiger partial charge in [0.15, 0.2) is 0 Å². The van der Waals surface area contributed by atoms with Crippen molar-refractivity contribution in [1.29, 1.82) is 0 Å². The summed E-state index contributed by atoms with van der Waals surface area (Å²) in [6.45, 7) is 0. The zero-order chi connectivity index (χ0) is 9.71. The predicted molar refractivity (Wildman–Crippen MR) is 50.5 cm³/mol. The fraction of sp³-hybridized carbons (Fsp3) is 0.500. The molecular weight excluding hydrogens is 182 g/mol. The highest BCUT2D eigenvalue weighted by Gasteiger charge is 2.57. The van der Waals surface area contributed by atoms with Crippen molar-refractivity contribution in [2.75, 3.05) is 0 Å². The molecule has 3 atom stereocenters. The molecule has 1 fully saturated rings. The molecule has 0 aliphatic heterocycles. The van der Waals surface area contributed by atoms with E-state index in [9.17, 15) is 8.78 Å². The lowest BCUT2D eigenvalue weighted by Crippen LogP contribution is -2.00. The van der Waals surface area contributed by atoms with Crippen molar-refractivity contribution in [3.8, 4) is 0 Å². The second-order valence-electron chi connectivity index (χ2n) is 4.34. The summed E-state index contributed by atoms with van der Waals surface area (Å²) in [6, 6.07) is 8.06. The maximum Gasteiger partial charge on any atom is 0.242 e. The quantitative estimate of drug-likeness (QED) is 0.643. The third-order valence-corrected chi connectivity index (χ3v) is 3.68. The number of rotatable bonds is 1. The number of hydrogen-bond donors (Lipinski definition) is 0. The lowest BCUT2D eigenvalue weighted by atomic mass is 9.92. The van der Waals surface area contributed by atoms with E-state index < -0.39 is 6.43 Å². The molecule has 0 saturated heterocycles. The number of aryl methyl sites for hydroxylation is 1. The molecule has 0 amide bonds. The van der Waals surface area contributed by atoms with E-state index in [1.165, 1.54) is 11.1 Å². The molecule has 2 aliphatic rings. The molecule has 74 valence electrons.